The number of nitrogens with one attached hydrogen (secondary N) is 1. The van der Waals surface area contributed by atoms with Gasteiger partial charge in [0, 0.05) is 0 Å². The lowest BCUT2D eigenvalue weighted by atomic mass is 10.1. The normalized spacial score (nSPS) is 9.15. The monoisotopic (exact) mass is 177 g/mol. The summed E-state index contributed by atoms with van der Waals surface area (Å²) in [5.74, 6) is 5.37. The van der Waals surface area contributed by atoms with Gasteiger partial charge in [0.2, 0.25) is 0 Å². The van der Waals surface area contributed by atoms with Gasteiger partial charge in [0.05, 0.1) is 12.1 Å². The summed E-state index contributed by atoms with van der Waals surface area (Å²) >= 11 is 0. The zero-order chi connectivity index (χ0) is 9.68. The van der Waals surface area contributed by atoms with Gasteiger partial charge in [0.1, 0.15) is 5.82 Å². The number of halogens is 1. The summed E-state index contributed by atoms with van der Waals surface area (Å²) in [5, 5.41) is 2.88. The quantitative estimate of drug-likeness (QED) is 0.644. The maximum Gasteiger partial charge on any atom is 0.141 e. The lowest BCUT2D eigenvalue weighted by Crippen LogP contribution is -2.04. The minimum Gasteiger partial charge on any atom is -0.309 e. The molecule has 0 aliphatic carbocycles. The van der Waals surface area contributed by atoms with Crippen LogP contribution in [-0.2, 0) is 0 Å². The van der Waals surface area contributed by atoms with Gasteiger partial charge in [-0.15, -0.1) is 0 Å². The first-order valence-corrected chi connectivity index (χ1v) is 4.14. The molecule has 0 saturated carbocycles. The largest absolute Gasteiger partial charge is 0.309 e. The van der Waals surface area contributed by atoms with Crippen LogP contribution in [0.4, 0.5) is 4.39 Å². The van der Waals surface area contributed by atoms with Crippen molar-refractivity contribution in [2.75, 3.05) is 13.6 Å². The second kappa shape index (κ2) is 4.64. The molecule has 0 saturated heterocycles. The smallest absolute Gasteiger partial charge is 0.141 e. The summed E-state index contributed by atoms with van der Waals surface area (Å²) in [5.41, 5.74) is 1.10. The van der Waals surface area contributed by atoms with Crippen LogP contribution in [-0.4, -0.2) is 13.6 Å². The van der Waals surface area contributed by atoms with Gasteiger partial charge in [-0.05, 0) is 25.6 Å². The molecule has 0 radical (unpaired) electrons. The first-order valence-electron chi connectivity index (χ1n) is 4.14. The van der Waals surface area contributed by atoms with Gasteiger partial charge >= 0.3 is 0 Å². The molecule has 0 spiro atoms. The van der Waals surface area contributed by atoms with Crippen LogP contribution in [0.15, 0.2) is 18.2 Å². The van der Waals surface area contributed by atoms with Crippen molar-refractivity contribution >= 4 is 0 Å². The molecule has 13 heavy (non-hydrogen) atoms. The van der Waals surface area contributed by atoms with Crippen molar-refractivity contribution in [3.05, 3.63) is 35.1 Å². The molecule has 1 nitrogen and oxygen atoms in total. The zero-order valence-electron chi connectivity index (χ0n) is 7.82. The third-order valence-electron chi connectivity index (χ3n) is 1.68. The highest BCUT2D eigenvalue weighted by Crippen LogP contribution is 2.09. The highest BCUT2D eigenvalue weighted by atomic mass is 19.1. The molecule has 2 heteroatoms. The molecule has 1 rings (SSSR count). The molecule has 1 aromatic rings. The predicted molar refractivity (Wildman–Crippen MR) is 51.9 cm³/mol. The summed E-state index contributed by atoms with van der Waals surface area (Å²) in [6.45, 7) is 2.31. The molecular formula is C11H12FN. The van der Waals surface area contributed by atoms with Crippen LogP contribution in [0.25, 0.3) is 0 Å². The van der Waals surface area contributed by atoms with E-state index >= 15 is 0 Å². The minimum atomic E-state index is -0.217. The third kappa shape index (κ3) is 2.57. The molecule has 1 N–H and O–H groups in total. The molecule has 0 aliphatic heterocycles. The minimum absolute atomic E-state index is 0.217. The molecule has 0 bridgehead atoms. The fourth-order valence-electron chi connectivity index (χ4n) is 0.972. The Bertz CT molecular complexity index is 347. The van der Waals surface area contributed by atoms with Gasteiger partial charge < -0.3 is 5.32 Å². The van der Waals surface area contributed by atoms with E-state index in [1.807, 2.05) is 6.07 Å². The van der Waals surface area contributed by atoms with Gasteiger partial charge in [-0.1, -0.05) is 24.0 Å². The predicted octanol–water partition coefficient (Wildman–Crippen LogP) is 1.71. The van der Waals surface area contributed by atoms with Crippen LogP contribution in [0.1, 0.15) is 11.1 Å². The third-order valence-corrected chi connectivity index (χ3v) is 1.68. The second-order valence-corrected chi connectivity index (χ2v) is 2.77. The van der Waals surface area contributed by atoms with E-state index in [0.717, 1.165) is 0 Å². The summed E-state index contributed by atoms with van der Waals surface area (Å²) in [6.07, 6.45) is 0. The Morgan fingerprint density at radius 1 is 1.46 bits per heavy atom. The van der Waals surface area contributed by atoms with Crippen LogP contribution < -0.4 is 5.32 Å². The van der Waals surface area contributed by atoms with E-state index in [0.29, 0.717) is 17.7 Å². The maximum atomic E-state index is 13.3. The fourth-order valence-corrected chi connectivity index (χ4v) is 0.972. The summed E-state index contributed by atoms with van der Waals surface area (Å²) < 4.78 is 13.3. The first kappa shape index (κ1) is 9.76. The first-order chi connectivity index (χ1) is 6.25. The average molecular weight is 177 g/mol. The Balaban J connectivity index is 2.91. The van der Waals surface area contributed by atoms with Crippen molar-refractivity contribution in [1.82, 2.24) is 5.32 Å². The van der Waals surface area contributed by atoms with E-state index in [-0.39, 0.29) is 5.82 Å². The van der Waals surface area contributed by atoms with E-state index in [4.69, 9.17) is 0 Å². The lowest BCUT2D eigenvalue weighted by molar-refractivity contribution is 0.615. The Hall–Kier alpha value is -1.33. The van der Waals surface area contributed by atoms with Crippen LogP contribution in [0.2, 0.25) is 0 Å². The second-order valence-electron chi connectivity index (χ2n) is 2.77. The summed E-state index contributed by atoms with van der Waals surface area (Å²) in [4.78, 5) is 0. The SMILES string of the molecule is CNCC#Cc1cccc(C)c1F. The standard InChI is InChI=1S/C11H12FN/c1-9-5-3-6-10(11(9)12)7-4-8-13-2/h3,5-6,13H,8H2,1-2H3. The van der Waals surface area contributed by atoms with Crippen LogP contribution in [0, 0.1) is 24.6 Å². The van der Waals surface area contributed by atoms with Gasteiger partial charge in [0.15, 0.2) is 0 Å². The Labute approximate surface area is 78.0 Å². The van der Waals surface area contributed by atoms with E-state index in [1.165, 1.54) is 0 Å². The number of rotatable bonds is 1. The number of benzene rings is 1. The Kier molecular flexibility index (Phi) is 3.48. The molecule has 0 aliphatic rings. The molecule has 0 fully saturated rings. The number of hydrogen-bond donors (Lipinski definition) is 1. The van der Waals surface area contributed by atoms with Crippen LogP contribution in [0.3, 0.4) is 0 Å². The van der Waals surface area contributed by atoms with E-state index in [2.05, 4.69) is 17.2 Å². The lowest BCUT2D eigenvalue weighted by Gasteiger charge is -1.97. The summed E-state index contributed by atoms with van der Waals surface area (Å²) in [6, 6.07) is 5.23. The molecule has 0 amide bonds. The van der Waals surface area contributed by atoms with Crippen LogP contribution in [0.5, 0.6) is 0 Å². The van der Waals surface area contributed by atoms with E-state index in [9.17, 15) is 4.39 Å². The molecule has 68 valence electrons. The van der Waals surface area contributed by atoms with Crippen LogP contribution >= 0.6 is 0 Å². The molecule has 0 unspecified atom stereocenters. The van der Waals surface area contributed by atoms with Gasteiger partial charge in [0.25, 0.3) is 0 Å². The van der Waals surface area contributed by atoms with Crippen molar-refractivity contribution in [2.45, 2.75) is 6.92 Å². The van der Waals surface area contributed by atoms with E-state index in [1.54, 1.807) is 26.1 Å². The zero-order valence-corrected chi connectivity index (χ0v) is 7.82. The number of hydrogen-bond acceptors (Lipinski definition) is 1. The molecular weight excluding hydrogens is 165 g/mol. The molecule has 1 aromatic carbocycles. The highest BCUT2D eigenvalue weighted by Gasteiger charge is 2.00. The average Bonchev–Trinajstić information content (AvgIpc) is 2.13. The Morgan fingerprint density at radius 3 is 2.92 bits per heavy atom. The van der Waals surface area contributed by atoms with Crippen molar-refractivity contribution in [3.8, 4) is 11.8 Å². The van der Waals surface area contributed by atoms with Gasteiger partial charge in [-0.3, -0.25) is 0 Å². The van der Waals surface area contributed by atoms with Gasteiger partial charge in [-0.25, -0.2) is 4.39 Å². The van der Waals surface area contributed by atoms with Gasteiger partial charge in [-0.2, -0.15) is 0 Å². The van der Waals surface area contributed by atoms with Crippen molar-refractivity contribution in [2.24, 2.45) is 0 Å². The molecule has 0 atom stereocenters. The number of aryl methyl sites for hydroxylation is 1. The Morgan fingerprint density at radius 2 is 2.23 bits per heavy atom. The molecule has 0 aromatic heterocycles. The maximum absolute atomic E-state index is 13.3. The fraction of sp³-hybridized carbons (Fsp3) is 0.273. The van der Waals surface area contributed by atoms with Crippen molar-refractivity contribution in [3.63, 3.8) is 0 Å². The summed E-state index contributed by atoms with van der Waals surface area (Å²) in [7, 11) is 1.81. The van der Waals surface area contributed by atoms with Crippen molar-refractivity contribution in [1.29, 1.82) is 0 Å². The topological polar surface area (TPSA) is 12.0 Å². The molecule has 0 heterocycles. The highest BCUT2D eigenvalue weighted by molar-refractivity contribution is 5.38. The van der Waals surface area contributed by atoms with Crippen molar-refractivity contribution < 1.29 is 4.39 Å². The van der Waals surface area contributed by atoms with E-state index < -0.39 is 0 Å².